The maximum Gasteiger partial charge on any atom is 0.119 e. The fourth-order valence-electron chi connectivity index (χ4n) is 1.49. The quantitative estimate of drug-likeness (QED) is 0.684. The zero-order valence-corrected chi connectivity index (χ0v) is 11.7. The molecule has 0 amide bonds. The molecule has 0 bridgehead atoms. The van der Waals surface area contributed by atoms with Crippen LogP contribution in [0, 0.1) is 0 Å². The highest BCUT2D eigenvalue weighted by atomic mass is 16.5. The van der Waals surface area contributed by atoms with Crippen LogP contribution in [0.1, 0.15) is 32.8 Å². The normalized spacial score (nSPS) is 10.9. The summed E-state index contributed by atoms with van der Waals surface area (Å²) in [6, 6.07) is 8.72. The smallest absolute Gasteiger partial charge is 0.119 e. The number of hydrogen-bond acceptors (Lipinski definition) is 3. The second kappa shape index (κ2) is 8.95. The van der Waals surface area contributed by atoms with Gasteiger partial charge in [-0.15, -0.1) is 0 Å². The second-order valence-corrected chi connectivity index (χ2v) is 4.64. The lowest BCUT2D eigenvalue weighted by Gasteiger charge is -2.09. The summed E-state index contributed by atoms with van der Waals surface area (Å²) in [7, 11) is 0. The lowest BCUT2D eigenvalue weighted by molar-refractivity contribution is 0.101. The van der Waals surface area contributed by atoms with E-state index in [-0.39, 0.29) is 0 Å². The lowest BCUT2D eigenvalue weighted by atomic mass is 10.2. The van der Waals surface area contributed by atoms with E-state index in [0.717, 1.165) is 25.3 Å². The predicted octanol–water partition coefficient (Wildman–Crippen LogP) is 2.99. The molecule has 0 radical (unpaired) electrons. The molecule has 0 saturated carbocycles. The molecule has 0 aliphatic rings. The zero-order valence-electron chi connectivity index (χ0n) is 11.7. The van der Waals surface area contributed by atoms with E-state index in [1.165, 1.54) is 5.56 Å². The van der Waals surface area contributed by atoms with Crippen LogP contribution >= 0.6 is 0 Å². The van der Waals surface area contributed by atoms with E-state index in [1.807, 2.05) is 12.1 Å². The first-order valence-corrected chi connectivity index (χ1v) is 6.75. The molecule has 0 fully saturated rings. The molecular formula is C15H25NO2. The SMILES string of the molecule is CCCOCCOc1ccc(CNC(C)C)cc1. The van der Waals surface area contributed by atoms with E-state index in [9.17, 15) is 0 Å². The third-order valence-electron chi connectivity index (χ3n) is 2.48. The van der Waals surface area contributed by atoms with Gasteiger partial charge in [0.1, 0.15) is 12.4 Å². The Balaban J connectivity index is 2.23. The maximum atomic E-state index is 5.59. The summed E-state index contributed by atoms with van der Waals surface area (Å²) in [6.45, 7) is 9.38. The number of rotatable bonds is 9. The molecule has 0 aromatic heterocycles. The Kier molecular flexibility index (Phi) is 7.46. The van der Waals surface area contributed by atoms with E-state index < -0.39 is 0 Å². The Hall–Kier alpha value is -1.06. The van der Waals surface area contributed by atoms with Gasteiger partial charge in [0.05, 0.1) is 6.61 Å². The predicted molar refractivity (Wildman–Crippen MR) is 75.0 cm³/mol. The van der Waals surface area contributed by atoms with Gasteiger partial charge in [-0.3, -0.25) is 0 Å². The first kappa shape index (κ1) is 15.0. The Bertz CT molecular complexity index is 309. The number of benzene rings is 1. The Labute approximate surface area is 110 Å². The molecule has 0 aliphatic carbocycles. The van der Waals surface area contributed by atoms with Gasteiger partial charge < -0.3 is 14.8 Å². The molecule has 0 saturated heterocycles. The third kappa shape index (κ3) is 6.62. The third-order valence-corrected chi connectivity index (χ3v) is 2.48. The van der Waals surface area contributed by atoms with Crippen LogP contribution in [0.25, 0.3) is 0 Å². The van der Waals surface area contributed by atoms with Gasteiger partial charge in [-0.05, 0) is 24.1 Å². The van der Waals surface area contributed by atoms with E-state index >= 15 is 0 Å². The minimum Gasteiger partial charge on any atom is -0.491 e. The van der Waals surface area contributed by atoms with Gasteiger partial charge in [0.25, 0.3) is 0 Å². The van der Waals surface area contributed by atoms with Crippen molar-refractivity contribution in [2.75, 3.05) is 19.8 Å². The molecule has 102 valence electrons. The maximum absolute atomic E-state index is 5.59. The molecule has 1 aromatic rings. The molecule has 0 heterocycles. The Morgan fingerprint density at radius 2 is 1.78 bits per heavy atom. The molecule has 1 N–H and O–H groups in total. The summed E-state index contributed by atoms with van der Waals surface area (Å²) in [5.41, 5.74) is 1.28. The molecule has 3 heteroatoms. The summed E-state index contributed by atoms with van der Waals surface area (Å²) >= 11 is 0. The molecule has 0 spiro atoms. The van der Waals surface area contributed by atoms with Crippen molar-refractivity contribution in [3.05, 3.63) is 29.8 Å². The molecule has 1 rings (SSSR count). The van der Waals surface area contributed by atoms with E-state index in [4.69, 9.17) is 9.47 Å². The van der Waals surface area contributed by atoms with Gasteiger partial charge in [-0.2, -0.15) is 0 Å². The molecule has 1 aromatic carbocycles. The monoisotopic (exact) mass is 251 g/mol. The van der Waals surface area contributed by atoms with Gasteiger partial charge >= 0.3 is 0 Å². The molecule has 0 aliphatic heterocycles. The summed E-state index contributed by atoms with van der Waals surface area (Å²) in [6.07, 6.45) is 1.05. The van der Waals surface area contributed by atoms with E-state index in [0.29, 0.717) is 19.3 Å². The van der Waals surface area contributed by atoms with Gasteiger partial charge in [-0.1, -0.05) is 32.9 Å². The van der Waals surface area contributed by atoms with Crippen LogP contribution in [-0.4, -0.2) is 25.9 Å². The zero-order chi connectivity index (χ0) is 13.2. The average molecular weight is 251 g/mol. The highest BCUT2D eigenvalue weighted by Gasteiger charge is 1.97. The number of hydrogen-bond donors (Lipinski definition) is 1. The fraction of sp³-hybridized carbons (Fsp3) is 0.600. The first-order chi connectivity index (χ1) is 8.72. The average Bonchev–Trinajstić information content (AvgIpc) is 2.37. The molecular weight excluding hydrogens is 226 g/mol. The molecule has 3 nitrogen and oxygen atoms in total. The Morgan fingerprint density at radius 1 is 1.06 bits per heavy atom. The largest absolute Gasteiger partial charge is 0.491 e. The minimum absolute atomic E-state index is 0.511. The standard InChI is InChI=1S/C15H25NO2/c1-4-9-17-10-11-18-15-7-5-14(6-8-15)12-16-13(2)3/h5-8,13,16H,4,9-12H2,1-3H3. The lowest BCUT2D eigenvalue weighted by Crippen LogP contribution is -2.21. The summed E-state index contributed by atoms with van der Waals surface area (Å²) in [5, 5.41) is 3.39. The van der Waals surface area contributed by atoms with Crippen LogP contribution in [0.3, 0.4) is 0 Å². The second-order valence-electron chi connectivity index (χ2n) is 4.64. The topological polar surface area (TPSA) is 30.5 Å². The van der Waals surface area contributed by atoms with E-state index in [1.54, 1.807) is 0 Å². The van der Waals surface area contributed by atoms with Crippen LogP contribution in [0.5, 0.6) is 5.75 Å². The highest BCUT2D eigenvalue weighted by molar-refractivity contribution is 5.27. The fourth-order valence-corrected chi connectivity index (χ4v) is 1.49. The van der Waals surface area contributed by atoms with Crippen molar-refractivity contribution in [1.29, 1.82) is 0 Å². The van der Waals surface area contributed by atoms with Gasteiger partial charge in [0.15, 0.2) is 0 Å². The van der Waals surface area contributed by atoms with Crippen molar-refractivity contribution in [1.82, 2.24) is 5.32 Å². The van der Waals surface area contributed by atoms with Gasteiger partial charge in [-0.25, -0.2) is 0 Å². The first-order valence-electron chi connectivity index (χ1n) is 6.75. The van der Waals surface area contributed by atoms with Crippen LogP contribution in [0.4, 0.5) is 0 Å². The molecule has 0 atom stereocenters. The van der Waals surface area contributed by atoms with E-state index in [2.05, 4.69) is 38.2 Å². The Morgan fingerprint density at radius 3 is 2.39 bits per heavy atom. The molecule has 0 unspecified atom stereocenters. The van der Waals surface area contributed by atoms with Crippen molar-refractivity contribution in [2.24, 2.45) is 0 Å². The van der Waals surface area contributed by atoms with Crippen LogP contribution < -0.4 is 10.1 Å². The summed E-state index contributed by atoms with van der Waals surface area (Å²) in [5.74, 6) is 0.906. The van der Waals surface area contributed by atoms with Gasteiger partial charge in [0.2, 0.25) is 0 Å². The number of nitrogens with one attached hydrogen (secondary N) is 1. The van der Waals surface area contributed by atoms with Crippen LogP contribution in [0.2, 0.25) is 0 Å². The van der Waals surface area contributed by atoms with Crippen molar-refractivity contribution in [2.45, 2.75) is 39.8 Å². The highest BCUT2D eigenvalue weighted by Crippen LogP contribution is 2.12. The number of ether oxygens (including phenoxy) is 2. The van der Waals surface area contributed by atoms with Crippen molar-refractivity contribution in [3.63, 3.8) is 0 Å². The van der Waals surface area contributed by atoms with Gasteiger partial charge in [0, 0.05) is 19.2 Å². The summed E-state index contributed by atoms with van der Waals surface area (Å²) in [4.78, 5) is 0. The minimum atomic E-state index is 0.511. The van der Waals surface area contributed by atoms with Crippen LogP contribution in [-0.2, 0) is 11.3 Å². The van der Waals surface area contributed by atoms with Crippen LogP contribution in [0.15, 0.2) is 24.3 Å². The van der Waals surface area contributed by atoms with Crippen molar-refractivity contribution in [3.8, 4) is 5.75 Å². The van der Waals surface area contributed by atoms with Crippen molar-refractivity contribution >= 4 is 0 Å². The summed E-state index contributed by atoms with van der Waals surface area (Å²) < 4.78 is 10.9. The van der Waals surface area contributed by atoms with Crippen molar-refractivity contribution < 1.29 is 9.47 Å². The molecule has 18 heavy (non-hydrogen) atoms.